The normalized spacial score (nSPS) is 19.3. The van der Waals surface area contributed by atoms with E-state index in [9.17, 15) is 4.79 Å². The maximum atomic E-state index is 12.0. The molecule has 0 aromatic heterocycles. The fraction of sp³-hybridized carbons (Fsp3) is 0.500. The summed E-state index contributed by atoms with van der Waals surface area (Å²) in [6.07, 6.45) is 3.06. The van der Waals surface area contributed by atoms with Crippen molar-refractivity contribution in [2.45, 2.75) is 38.8 Å². The lowest BCUT2D eigenvalue weighted by Gasteiger charge is -2.33. The fourth-order valence-corrected chi connectivity index (χ4v) is 2.60. The van der Waals surface area contributed by atoms with Gasteiger partial charge in [0, 0.05) is 6.54 Å². The summed E-state index contributed by atoms with van der Waals surface area (Å²) >= 11 is 0. The Morgan fingerprint density at radius 2 is 2.15 bits per heavy atom. The molecule has 1 aromatic rings. The van der Waals surface area contributed by atoms with Gasteiger partial charge in [0.05, 0.1) is 18.2 Å². The molecule has 1 saturated heterocycles. The lowest BCUT2D eigenvalue weighted by atomic mass is 10.0. The molecule has 1 aromatic carbocycles. The van der Waals surface area contributed by atoms with E-state index in [1.807, 2.05) is 31.2 Å². The topological polar surface area (TPSA) is 53.3 Å². The van der Waals surface area contributed by atoms with E-state index in [1.165, 1.54) is 0 Å². The number of nitrogens with zero attached hydrogens (tertiary/aromatic N) is 2. The fourth-order valence-electron chi connectivity index (χ4n) is 2.60. The van der Waals surface area contributed by atoms with Gasteiger partial charge in [-0.2, -0.15) is 5.26 Å². The van der Waals surface area contributed by atoms with Crippen LogP contribution in [0, 0.1) is 11.3 Å². The van der Waals surface area contributed by atoms with Crippen LogP contribution in [0.25, 0.3) is 0 Å². The minimum Gasteiger partial charge on any atom is -0.465 e. The van der Waals surface area contributed by atoms with Crippen LogP contribution in [-0.4, -0.2) is 30.1 Å². The molecule has 0 bridgehead atoms. The monoisotopic (exact) mass is 272 g/mol. The number of likely N-dealkylation sites (tertiary alicyclic amines) is 1. The van der Waals surface area contributed by atoms with Crippen LogP contribution in [0.15, 0.2) is 24.3 Å². The molecule has 0 spiro atoms. The first-order chi connectivity index (χ1) is 9.74. The van der Waals surface area contributed by atoms with Crippen molar-refractivity contribution >= 4 is 5.97 Å². The summed E-state index contributed by atoms with van der Waals surface area (Å²) in [7, 11) is 0. The molecule has 106 valence electrons. The molecule has 0 radical (unpaired) electrons. The Balaban J connectivity index is 2.04. The number of esters is 1. The number of piperidine rings is 1. The molecular weight excluding hydrogens is 252 g/mol. The number of carbonyl (C=O) groups excluding carboxylic acids is 1. The first-order valence-corrected chi connectivity index (χ1v) is 7.14. The highest BCUT2D eigenvalue weighted by Crippen LogP contribution is 2.21. The Morgan fingerprint density at radius 3 is 2.80 bits per heavy atom. The quantitative estimate of drug-likeness (QED) is 0.790. The molecule has 4 heteroatoms. The number of nitriles is 1. The van der Waals surface area contributed by atoms with Crippen molar-refractivity contribution in [2.75, 3.05) is 13.2 Å². The lowest BCUT2D eigenvalue weighted by molar-refractivity contribution is -0.151. The summed E-state index contributed by atoms with van der Waals surface area (Å²) in [5.41, 5.74) is 1.79. The molecule has 4 nitrogen and oxygen atoms in total. The maximum Gasteiger partial charge on any atom is 0.323 e. The molecule has 0 N–H and O–H groups in total. The Hall–Kier alpha value is -1.86. The van der Waals surface area contributed by atoms with Crippen LogP contribution >= 0.6 is 0 Å². The van der Waals surface area contributed by atoms with E-state index in [-0.39, 0.29) is 12.0 Å². The Kier molecular flexibility index (Phi) is 5.14. The van der Waals surface area contributed by atoms with Crippen LogP contribution in [0.1, 0.15) is 37.3 Å². The third-order valence-corrected chi connectivity index (χ3v) is 3.64. The van der Waals surface area contributed by atoms with Gasteiger partial charge in [-0.1, -0.05) is 18.6 Å². The molecule has 2 rings (SSSR count). The highest BCUT2D eigenvalue weighted by atomic mass is 16.5. The number of benzene rings is 1. The van der Waals surface area contributed by atoms with Gasteiger partial charge in [0.15, 0.2) is 0 Å². The first-order valence-electron chi connectivity index (χ1n) is 7.14. The average Bonchev–Trinajstić information content (AvgIpc) is 2.49. The van der Waals surface area contributed by atoms with Crippen molar-refractivity contribution in [1.82, 2.24) is 4.90 Å². The van der Waals surface area contributed by atoms with E-state index in [2.05, 4.69) is 11.0 Å². The van der Waals surface area contributed by atoms with Gasteiger partial charge in [0.2, 0.25) is 0 Å². The van der Waals surface area contributed by atoms with Gasteiger partial charge in [-0.25, -0.2) is 0 Å². The summed E-state index contributed by atoms with van der Waals surface area (Å²) in [6.45, 7) is 3.92. The van der Waals surface area contributed by atoms with E-state index >= 15 is 0 Å². The molecule has 0 amide bonds. The maximum absolute atomic E-state index is 12.0. The van der Waals surface area contributed by atoms with E-state index in [0.29, 0.717) is 12.2 Å². The van der Waals surface area contributed by atoms with Gasteiger partial charge in [-0.15, -0.1) is 0 Å². The second kappa shape index (κ2) is 7.06. The number of rotatable bonds is 4. The second-order valence-electron chi connectivity index (χ2n) is 5.04. The summed E-state index contributed by atoms with van der Waals surface area (Å²) in [4.78, 5) is 14.2. The molecule has 0 saturated carbocycles. The van der Waals surface area contributed by atoms with Gasteiger partial charge in [-0.3, -0.25) is 9.69 Å². The van der Waals surface area contributed by atoms with Crippen LogP contribution in [0.5, 0.6) is 0 Å². The van der Waals surface area contributed by atoms with Crippen molar-refractivity contribution in [2.24, 2.45) is 0 Å². The average molecular weight is 272 g/mol. The Labute approximate surface area is 120 Å². The zero-order chi connectivity index (χ0) is 14.4. The van der Waals surface area contributed by atoms with Crippen molar-refractivity contribution in [1.29, 1.82) is 5.26 Å². The SMILES string of the molecule is CCOC(=O)C1CCCCN1Cc1ccc(C#N)cc1. The summed E-state index contributed by atoms with van der Waals surface area (Å²) in [5.74, 6) is -0.110. The van der Waals surface area contributed by atoms with E-state index in [4.69, 9.17) is 10.00 Å². The molecule has 1 heterocycles. The Bertz CT molecular complexity index is 490. The second-order valence-corrected chi connectivity index (χ2v) is 5.04. The van der Waals surface area contributed by atoms with Gasteiger partial charge in [-0.05, 0) is 44.0 Å². The number of hydrogen-bond acceptors (Lipinski definition) is 4. The van der Waals surface area contributed by atoms with Crippen molar-refractivity contribution < 1.29 is 9.53 Å². The van der Waals surface area contributed by atoms with Gasteiger partial charge < -0.3 is 4.74 Å². The summed E-state index contributed by atoms with van der Waals surface area (Å²) < 4.78 is 5.16. The van der Waals surface area contributed by atoms with Crippen molar-refractivity contribution in [3.63, 3.8) is 0 Å². The summed E-state index contributed by atoms with van der Waals surface area (Å²) in [5, 5.41) is 8.80. The number of hydrogen-bond donors (Lipinski definition) is 0. The zero-order valence-corrected chi connectivity index (χ0v) is 11.8. The van der Waals surface area contributed by atoms with Crippen LogP contribution in [0.3, 0.4) is 0 Å². The predicted octanol–water partition coefficient (Wildman–Crippen LogP) is 2.48. The molecular formula is C16H20N2O2. The molecule has 1 unspecified atom stereocenters. The third-order valence-electron chi connectivity index (χ3n) is 3.64. The molecule has 1 aliphatic heterocycles. The molecule has 20 heavy (non-hydrogen) atoms. The zero-order valence-electron chi connectivity index (χ0n) is 11.8. The van der Waals surface area contributed by atoms with Crippen molar-refractivity contribution in [3.8, 4) is 6.07 Å². The number of ether oxygens (including phenoxy) is 1. The van der Waals surface area contributed by atoms with Crippen molar-refractivity contribution in [3.05, 3.63) is 35.4 Å². The minimum absolute atomic E-state index is 0.110. The molecule has 1 atom stereocenters. The highest BCUT2D eigenvalue weighted by Gasteiger charge is 2.29. The van der Waals surface area contributed by atoms with Gasteiger partial charge in [0.1, 0.15) is 6.04 Å². The van der Waals surface area contributed by atoms with Crippen LogP contribution in [0.4, 0.5) is 0 Å². The van der Waals surface area contributed by atoms with Crippen LogP contribution in [-0.2, 0) is 16.1 Å². The van der Waals surface area contributed by atoms with E-state index < -0.39 is 0 Å². The van der Waals surface area contributed by atoms with Crippen LogP contribution < -0.4 is 0 Å². The van der Waals surface area contributed by atoms with E-state index in [1.54, 1.807) is 0 Å². The Morgan fingerprint density at radius 1 is 1.40 bits per heavy atom. The van der Waals surface area contributed by atoms with Gasteiger partial charge in [0.25, 0.3) is 0 Å². The molecule has 1 aliphatic rings. The predicted molar refractivity (Wildman–Crippen MR) is 75.8 cm³/mol. The first kappa shape index (κ1) is 14.5. The number of carbonyl (C=O) groups is 1. The minimum atomic E-state index is -0.126. The van der Waals surface area contributed by atoms with Crippen LogP contribution in [0.2, 0.25) is 0 Å². The summed E-state index contributed by atoms with van der Waals surface area (Å²) in [6, 6.07) is 9.53. The standard InChI is InChI=1S/C16H20N2O2/c1-2-20-16(19)15-5-3-4-10-18(15)12-14-8-6-13(11-17)7-9-14/h6-9,15H,2-5,10,12H2,1H3. The largest absolute Gasteiger partial charge is 0.465 e. The third kappa shape index (κ3) is 3.58. The smallest absolute Gasteiger partial charge is 0.323 e. The molecule has 1 fully saturated rings. The lowest BCUT2D eigenvalue weighted by Crippen LogP contribution is -2.44. The van der Waals surface area contributed by atoms with Gasteiger partial charge >= 0.3 is 5.97 Å². The van der Waals surface area contributed by atoms with E-state index in [0.717, 1.165) is 37.9 Å². The highest BCUT2D eigenvalue weighted by molar-refractivity contribution is 5.75. The molecule has 0 aliphatic carbocycles.